The average Bonchev–Trinajstić information content (AvgIpc) is 3.26. The van der Waals surface area contributed by atoms with Crippen molar-refractivity contribution in [3.8, 4) is 11.3 Å². The van der Waals surface area contributed by atoms with Crippen LogP contribution in [0.2, 0.25) is 10.0 Å². The molecule has 33 heavy (non-hydrogen) atoms. The van der Waals surface area contributed by atoms with E-state index in [9.17, 15) is 23.4 Å². The van der Waals surface area contributed by atoms with Crippen LogP contribution in [0.3, 0.4) is 0 Å². The second-order valence-corrected chi connectivity index (χ2v) is 9.49. The van der Waals surface area contributed by atoms with Gasteiger partial charge in [-0.3, -0.25) is 0 Å². The summed E-state index contributed by atoms with van der Waals surface area (Å²) < 4.78 is 47.9. The summed E-state index contributed by atoms with van der Waals surface area (Å²) in [5, 5.41) is 29.0. The molecule has 0 spiro atoms. The summed E-state index contributed by atoms with van der Waals surface area (Å²) in [5.74, 6) is -4.25. The number of rotatable bonds is 6. The first-order chi connectivity index (χ1) is 15.8. The lowest BCUT2D eigenvalue weighted by atomic mass is 9.97. The molecule has 0 amide bonds. The van der Waals surface area contributed by atoms with E-state index in [0.29, 0.717) is 16.5 Å². The smallest absolute Gasteiger partial charge is 0.194 e. The highest BCUT2D eigenvalue weighted by Crippen LogP contribution is 2.40. The molecular weight excluding hydrogens is 502 g/mol. The molecule has 1 aliphatic rings. The molecule has 0 bridgehead atoms. The number of aliphatic hydroxyl groups excluding tert-OH is 2. The highest BCUT2D eigenvalue weighted by Gasteiger charge is 2.39. The molecule has 6 nitrogen and oxygen atoms in total. The maximum absolute atomic E-state index is 13.6. The predicted octanol–water partition coefficient (Wildman–Crippen LogP) is 4.86. The summed E-state index contributed by atoms with van der Waals surface area (Å²) in [6.07, 6.45) is 0.193. The number of halogens is 5. The van der Waals surface area contributed by atoms with Crippen LogP contribution in [-0.2, 0) is 4.74 Å². The van der Waals surface area contributed by atoms with Gasteiger partial charge < -0.3 is 14.9 Å². The number of hydrogen-bond acceptors (Lipinski definition) is 6. The molecule has 0 radical (unpaired) electrons. The lowest BCUT2D eigenvalue weighted by Crippen LogP contribution is -2.45. The predicted molar refractivity (Wildman–Crippen MR) is 118 cm³/mol. The molecule has 0 aliphatic carbocycles. The van der Waals surface area contributed by atoms with Crippen LogP contribution in [0.5, 0.6) is 0 Å². The number of thioether (sulfide) groups is 1. The Hall–Kier alpha value is -1.82. The van der Waals surface area contributed by atoms with Crippen molar-refractivity contribution >= 4 is 35.0 Å². The van der Waals surface area contributed by atoms with E-state index in [1.807, 2.05) is 0 Å². The van der Waals surface area contributed by atoms with Crippen LogP contribution in [0.1, 0.15) is 18.9 Å². The summed E-state index contributed by atoms with van der Waals surface area (Å²) in [7, 11) is 0. The van der Waals surface area contributed by atoms with Crippen LogP contribution < -0.4 is 0 Å². The number of benzene rings is 2. The third kappa shape index (κ3) is 5.31. The minimum atomic E-state index is -1.57. The van der Waals surface area contributed by atoms with Crippen LogP contribution in [0.15, 0.2) is 41.4 Å². The van der Waals surface area contributed by atoms with E-state index in [-0.39, 0.29) is 24.3 Å². The highest BCUT2D eigenvalue weighted by molar-refractivity contribution is 7.99. The van der Waals surface area contributed by atoms with Gasteiger partial charge in [-0.05, 0) is 36.8 Å². The van der Waals surface area contributed by atoms with Crippen molar-refractivity contribution in [2.75, 3.05) is 6.61 Å². The second-order valence-electron chi connectivity index (χ2n) is 7.44. The molecule has 4 atom stereocenters. The zero-order chi connectivity index (χ0) is 23.7. The molecule has 1 saturated heterocycles. The molecule has 1 fully saturated rings. The maximum Gasteiger partial charge on any atom is 0.194 e. The Kier molecular flexibility index (Phi) is 7.52. The molecule has 0 saturated carbocycles. The molecule has 176 valence electrons. The Morgan fingerprint density at radius 3 is 2.52 bits per heavy atom. The van der Waals surface area contributed by atoms with E-state index in [0.717, 1.165) is 17.0 Å². The molecule has 2 heterocycles. The molecule has 1 aliphatic heterocycles. The third-order valence-electron chi connectivity index (χ3n) is 5.24. The lowest BCUT2D eigenvalue weighted by Gasteiger charge is -2.39. The fourth-order valence-corrected chi connectivity index (χ4v) is 5.09. The monoisotopic (exact) mass is 519 g/mol. The van der Waals surface area contributed by atoms with E-state index >= 15 is 0 Å². The van der Waals surface area contributed by atoms with E-state index in [1.54, 1.807) is 18.2 Å². The Morgan fingerprint density at radius 1 is 1.12 bits per heavy atom. The Morgan fingerprint density at radius 2 is 1.85 bits per heavy atom. The highest BCUT2D eigenvalue weighted by atomic mass is 35.5. The topological polar surface area (TPSA) is 80.4 Å². The minimum absolute atomic E-state index is 0.00726. The number of aromatic nitrogens is 3. The number of nitrogens with zero attached hydrogens (tertiary/aromatic N) is 3. The fraction of sp³-hybridized carbons (Fsp3) is 0.333. The van der Waals surface area contributed by atoms with Gasteiger partial charge in [0, 0.05) is 23.5 Å². The lowest BCUT2D eigenvalue weighted by molar-refractivity contribution is -0.120. The molecule has 12 heteroatoms. The zero-order valence-electron chi connectivity index (χ0n) is 16.8. The van der Waals surface area contributed by atoms with Gasteiger partial charge in [-0.1, -0.05) is 40.2 Å². The number of hydrogen-bond donors (Lipinski definition) is 2. The van der Waals surface area contributed by atoms with Crippen LogP contribution in [0, 0.1) is 17.5 Å². The largest absolute Gasteiger partial charge is 0.396 e. The summed E-state index contributed by atoms with van der Waals surface area (Å²) >= 11 is 13.4. The standard InChI is InChI=1S/C21H18Cl2F3N3O3S/c22-12-2-1-11(7-13(12)23)33-19-8-17(21(31)18(32-19)3-4-30)29-9-16(27-28-29)10-5-14(24)20(26)15(25)6-10/h1-2,5-7,9,17-19,21,30-31H,3-4,8H2/t17-,18-,19-,21-/m1/s1. The Labute approximate surface area is 201 Å². The minimum Gasteiger partial charge on any atom is -0.396 e. The Balaban J connectivity index is 1.59. The fourth-order valence-electron chi connectivity index (χ4n) is 3.60. The second kappa shape index (κ2) is 10.2. The maximum atomic E-state index is 13.6. The van der Waals surface area contributed by atoms with E-state index in [1.165, 1.54) is 22.6 Å². The molecule has 0 unspecified atom stereocenters. The van der Waals surface area contributed by atoms with Crippen molar-refractivity contribution in [3.05, 3.63) is 64.0 Å². The van der Waals surface area contributed by atoms with Crippen molar-refractivity contribution in [2.45, 2.75) is 41.4 Å². The summed E-state index contributed by atoms with van der Waals surface area (Å²) in [5.41, 5.74) is -0.313. The summed E-state index contributed by atoms with van der Waals surface area (Å²) in [6.45, 7) is -0.199. The Bertz CT molecular complexity index is 1130. The molecule has 4 rings (SSSR count). The first-order valence-corrected chi connectivity index (χ1v) is 11.5. The number of aliphatic hydroxyl groups is 2. The quantitative estimate of drug-likeness (QED) is 0.452. The third-order valence-corrected chi connectivity index (χ3v) is 7.07. The van der Waals surface area contributed by atoms with Crippen LogP contribution in [0.25, 0.3) is 11.3 Å². The molecule has 2 N–H and O–H groups in total. The van der Waals surface area contributed by atoms with Gasteiger partial charge in [0.05, 0.1) is 28.4 Å². The van der Waals surface area contributed by atoms with Gasteiger partial charge in [-0.2, -0.15) is 0 Å². The first kappa shape index (κ1) is 24.3. The van der Waals surface area contributed by atoms with Gasteiger partial charge in [0.1, 0.15) is 17.2 Å². The van der Waals surface area contributed by atoms with Crippen molar-refractivity contribution in [3.63, 3.8) is 0 Å². The molecule has 1 aromatic heterocycles. The van der Waals surface area contributed by atoms with E-state index in [4.69, 9.17) is 27.9 Å². The van der Waals surface area contributed by atoms with Crippen LogP contribution in [-0.4, -0.2) is 49.5 Å². The van der Waals surface area contributed by atoms with Crippen molar-refractivity contribution in [1.82, 2.24) is 15.0 Å². The normalized spacial score (nSPS) is 23.1. The van der Waals surface area contributed by atoms with Gasteiger partial charge in [0.15, 0.2) is 17.5 Å². The van der Waals surface area contributed by atoms with E-state index < -0.39 is 41.1 Å². The van der Waals surface area contributed by atoms with Gasteiger partial charge in [0.25, 0.3) is 0 Å². The van der Waals surface area contributed by atoms with Gasteiger partial charge in [0.2, 0.25) is 0 Å². The van der Waals surface area contributed by atoms with Gasteiger partial charge in [-0.15, -0.1) is 5.10 Å². The zero-order valence-corrected chi connectivity index (χ0v) is 19.2. The average molecular weight is 520 g/mol. The molecular formula is C21H18Cl2F3N3O3S. The van der Waals surface area contributed by atoms with Gasteiger partial charge in [-0.25, -0.2) is 17.9 Å². The number of ether oxygens (including phenoxy) is 1. The van der Waals surface area contributed by atoms with Crippen molar-refractivity contribution in [2.24, 2.45) is 0 Å². The van der Waals surface area contributed by atoms with Crippen molar-refractivity contribution in [1.29, 1.82) is 0 Å². The summed E-state index contributed by atoms with van der Waals surface area (Å²) in [4.78, 5) is 0.795. The summed E-state index contributed by atoms with van der Waals surface area (Å²) in [6, 6.07) is 6.19. The van der Waals surface area contributed by atoms with Gasteiger partial charge >= 0.3 is 0 Å². The first-order valence-electron chi connectivity index (χ1n) is 9.89. The SMILES string of the molecule is OCC[C@H]1O[C@H](Sc2ccc(Cl)c(Cl)c2)C[C@@H](n2cc(-c3cc(F)c(F)c(F)c3)nn2)[C@H]1O. The van der Waals surface area contributed by atoms with Crippen LogP contribution >= 0.6 is 35.0 Å². The molecule has 3 aromatic rings. The van der Waals surface area contributed by atoms with Crippen LogP contribution in [0.4, 0.5) is 13.2 Å². The van der Waals surface area contributed by atoms with E-state index in [2.05, 4.69) is 10.3 Å². The molecule has 2 aromatic carbocycles. The van der Waals surface area contributed by atoms with Crippen molar-refractivity contribution < 1.29 is 28.1 Å².